The van der Waals surface area contributed by atoms with Gasteiger partial charge >= 0.3 is 19.5 Å². The molecule has 0 aliphatic carbocycles. The average Bonchev–Trinajstić information content (AvgIpc) is 1.93. The zero-order chi connectivity index (χ0) is 7.72. The van der Waals surface area contributed by atoms with Crippen LogP contribution in [0.5, 0.6) is 0 Å². The van der Waals surface area contributed by atoms with Gasteiger partial charge in [-0.3, -0.25) is 8.78 Å². The van der Waals surface area contributed by atoms with Crippen LogP contribution in [0.3, 0.4) is 0 Å². The van der Waals surface area contributed by atoms with Crippen molar-refractivity contribution >= 4 is 0 Å². The minimum Gasteiger partial charge on any atom is -1.00 e. The number of halogens is 4. The SMILES string of the molecule is [Br-].[CH2-]c1c(F)ccc(F)c1F.[Zn+2]. The van der Waals surface area contributed by atoms with Gasteiger partial charge in [0.05, 0.1) is 5.82 Å². The van der Waals surface area contributed by atoms with Crippen molar-refractivity contribution in [1.29, 1.82) is 0 Å². The molecule has 0 amide bonds. The summed E-state index contributed by atoms with van der Waals surface area (Å²) in [5, 5.41) is 0. The van der Waals surface area contributed by atoms with E-state index in [4.69, 9.17) is 0 Å². The van der Waals surface area contributed by atoms with E-state index in [9.17, 15) is 13.2 Å². The molecule has 0 spiro atoms. The van der Waals surface area contributed by atoms with Gasteiger partial charge in [-0.15, -0.1) is 5.56 Å². The van der Waals surface area contributed by atoms with E-state index >= 15 is 0 Å². The summed E-state index contributed by atoms with van der Waals surface area (Å²) < 4.78 is 36.8. The van der Waals surface area contributed by atoms with E-state index in [0.717, 1.165) is 12.1 Å². The van der Waals surface area contributed by atoms with Crippen molar-refractivity contribution in [3.8, 4) is 0 Å². The van der Waals surface area contributed by atoms with E-state index in [1.165, 1.54) is 0 Å². The quantitative estimate of drug-likeness (QED) is 0.336. The second-order valence-electron chi connectivity index (χ2n) is 1.82. The molecule has 62 valence electrons. The van der Waals surface area contributed by atoms with Crippen molar-refractivity contribution in [2.75, 3.05) is 0 Å². The summed E-state index contributed by atoms with van der Waals surface area (Å²) in [6.07, 6.45) is 0. The van der Waals surface area contributed by atoms with Gasteiger partial charge in [-0.2, -0.15) is 6.92 Å². The van der Waals surface area contributed by atoms with Gasteiger partial charge in [0.25, 0.3) is 0 Å². The fraction of sp³-hybridized carbons (Fsp3) is 0. The second-order valence-corrected chi connectivity index (χ2v) is 1.82. The predicted octanol–water partition coefficient (Wildman–Crippen LogP) is -0.712. The van der Waals surface area contributed by atoms with Crippen LogP contribution in [0.25, 0.3) is 0 Å². The maximum atomic E-state index is 12.3. The minimum absolute atomic E-state index is 0. The topological polar surface area (TPSA) is 0 Å². The first-order chi connectivity index (χ1) is 4.63. The molecule has 0 aliphatic heterocycles. The largest absolute Gasteiger partial charge is 2.00 e. The first-order valence-electron chi connectivity index (χ1n) is 2.58. The van der Waals surface area contributed by atoms with Gasteiger partial charge in [-0.1, -0.05) is 6.07 Å². The van der Waals surface area contributed by atoms with Crippen LogP contribution in [0, 0.1) is 24.4 Å². The van der Waals surface area contributed by atoms with E-state index in [-0.39, 0.29) is 36.5 Å². The summed E-state index contributed by atoms with van der Waals surface area (Å²) >= 11 is 0. The van der Waals surface area contributed by atoms with Crippen LogP contribution in [0.15, 0.2) is 12.1 Å². The van der Waals surface area contributed by atoms with Crippen LogP contribution in [0.4, 0.5) is 13.2 Å². The summed E-state index contributed by atoms with van der Waals surface area (Å²) in [6.45, 7) is 2.99. The van der Waals surface area contributed by atoms with Crippen LogP contribution in [-0.2, 0) is 19.5 Å². The van der Waals surface area contributed by atoms with E-state index < -0.39 is 23.0 Å². The monoisotopic (exact) mass is 288 g/mol. The molecule has 0 bridgehead atoms. The zero-order valence-electron chi connectivity index (χ0n) is 6.08. The summed E-state index contributed by atoms with van der Waals surface area (Å²) in [5.41, 5.74) is -0.528. The fourth-order valence-corrected chi connectivity index (χ4v) is 0.569. The van der Waals surface area contributed by atoms with E-state index in [1.807, 2.05) is 0 Å². The van der Waals surface area contributed by atoms with Crippen molar-refractivity contribution in [1.82, 2.24) is 0 Å². The number of rotatable bonds is 0. The molecule has 1 aromatic rings. The standard InChI is InChI=1S/C7H4F3.BrH.Zn/c1-4-5(8)2-3-6(9)7(4)10;;/h2-3H,1H2;1H;/q-1;;+2/p-1. The van der Waals surface area contributed by atoms with Gasteiger partial charge in [-0.25, -0.2) is 4.39 Å². The molecule has 0 nitrogen and oxygen atoms in total. The Morgan fingerprint density at radius 2 is 1.42 bits per heavy atom. The normalized spacial score (nSPS) is 8.25. The van der Waals surface area contributed by atoms with Gasteiger partial charge in [0.15, 0.2) is 0 Å². The molecule has 0 radical (unpaired) electrons. The molecule has 0 aromatic heterocycles. The van der Waals surface area contributed by atoms with Crippen molar-refractivity contribution in [2.24, 2.45) is 0 Å². The fourth-order valence-electron chi connectivity index (χ4n) is 0.569. The summed E-state index contributed by atoms with van der Waals surface area (Å²) in [4.78, 5) is 0. The van der Waals surface area contributed by atoms with Gasteiger partial charge in [0, 0.05) is 5.82 Å². The third-order valence-electron chi connectivity index (χ3n) is 1.14. The van der Waals surface area contributed by atoms with Crippen molar-refractivity contribution in [3.05, 3.63) is 42.1 Å². The molecule has 5 heteroatoms. The third-order valence-corrected chi connectivity index (χ3v) is 1.14. The summed E-state index contributed by atoms with van der Waals surface area (Å²) in [5.74, 6) is -3.13. The Hall–Kier alpha value is -0.0166. The molecule has 1 rings (SSSR count). The molecule has 0 unspecified atom stereocenters. The second kappa shape index (κ2) is 5.60. The maximum Gasteiger partial charge on any atom is 2.00 e. The smallest absolute Gasteiger partial charge is 1.00 e. The van der Waals surface area contributed by atoms with Crippen molar-refractivity contribution < 1.29 is 49.6 Å². The first kappa shape index (κ1) is 14.5. The van der Waals surface area contributed by atoms with Crippen LogP contribution >= 0.6 is 0 Å². The van der Waals surface area contributed by atoms with Crippen LogP contribution in [0.2, 0.25) is 0 Å². The Kier molecular flexibility index (Phi) is 6.77. The van der Waals surface area contributed by atoms with E-state index in [2.05, 4.69) is 6.92 Å². The van der Waals surface area contributed by atoms with Crippen LogP contribution in [-0.4, -0.2) is 0 Å². The Labute approximate surface area is 91.7 Å². The Balaban J connectivity index is 0. The molecule has 0 saturated carbocycles. The van der Waals surface area contributed by atoms with Gasteiger partial charge in [0.2, 0.25) is 0 Å². The predicted molar refractivity (Wildman–Crippen MR) is 30.8 cm³/mol. The first-order valence-corrected chi connectivity index (χ1v) is 2.58. The molecule has 0 N–H and O–H groups in total. The Bertz CT molecular complexity index is 238. The maximum absolute atomic E-state index is 12.3. The Morgan fingerprint density at radius 1 is 1.00 bits per heavy atom. The van der Waals surface area contributed by atoms with E-state index in [1.54, 1.807) is 0 Å². The minimum atomic E-state index is -1.22. The molecular weight excluding hydrogens is 286 g/mol. The van der Waals surface area contributed by atoms with Gasteiger partial charge in [-0.05, 0) is 6.07 Å². The molecule has 0 fully saturated rings. The molecule has 0 heterocycles. The van der Waals surface area contributed by atoms with Gasteiger partial charge < -0.3 is 17.0 Å². The summed E-state index contributed by atoms with van der Waals surface area (Å²) in [6, 6.07) is 1.56. The number of hydrogen-bond acceptors (Lipinski definition) is 0. The average molecular weight is 290 g/mol. The molecule has 12 heavy (non-hydrogen) atoms. The Morgan fingerprint density at radius 3 is 1.83 bits per heavy atom. The molecule has 0 aliphatic rings. The molecule has 1 aromatic carbocycles. The van der Waals surface area contributed by atoms with Crippen molar-refractivity contribution in [2.45, 2.75) is 0 Å². The van der Waals surface area contributed by atoms with Gasteiger partial charge in [0.1, 0.15) is 5.82 Å². The molecule has 0 saturated heterocycles. The molecule has 0 atom stereocenters. The zero-order valence-corrected chi connectivity index (χ0v) is 10.6. The van der Waals surface area contributed by atoms with Crippen molar-refractivity contribution in [3.63, 3.8) is 0 Å². The number of benzene rings is 1. The summed E-state index contributed by atoms with van der Waals surface area (Å²) in [7, 11) is 0. The molecular formula is C7H4BrF3Zn. The third kappa shape index (κ3) is 2.79. The van der Waals surface area contributed by atoms with Crippen LogP contribution in [0.1, 0.15) is 5.56 Å². The van der Waals surface area contributed by atoms with Crippen LogP contribution < -0.4 is 17.0 Å². The van der Waals surface area contributed by atoms with E-state index in [0.29, 0.717) is 0 Å². The number of hydrogen-bond donors (Lipinski definition) is 0.